The summed E-state index contributed by atoms with van der Waals surface area (Å²) >= 11 is 0. The molecule has 0 unspecified atom stereocenters. The van der Waals surface area contributed by atoms with Crippen molar-refractivity contribution in [1.29, 1.82) is 0 Å². The first-order valence-electron chi connectivity index (χ1n) is 7.43. The van der Waals surface area contributed by atoms with Crippen molar-refractivity contribution in [3.05, 3.63) is 46.0 Å². The second kappa shape index (κ2) is 7.20. The molecule has 0 bridgehead atoms. The first-order chi connectivity index (χ1) is 12.1. The number of benzene rings is 2. The molecule has 0 aliphatic heterocycles. The van der Waals surface area contributed by atoms with Gasteiger partial charge in [0.1, 0.15) is 0 Å². The Bertz CT molecular complexity index is 816. The van der Waals surface area contributed by atoms with Crippen LogP contribution in [-0.4, -0.2) is 24.0 Å². The van der Waals surface area contributed by atoms with Crippen LogP contribution in [0.25, 0.3) is 0 Å². The fourth-order valence-corrected chi connectivity index (χ4v) is 4.75. The van der Waals surface area contributed by atoms with Crippen molar-refractivity contribution < 1.29 is 41.4 Å². The third-order valence-electron chi connectivity index (χ3n) is 3.97. The molecule has 2 aromatic carbocycles. The number of hydrogen-bond acceptors (Lipinski definition) is 3. The summed E-state index contributed by atoms with van der Waals surface area (Å²) in [4.78, 5) is 10.5. The van der Waals surface area contributed by atoms with Gasteiger partial charge in [0.05, 0.1) is 0 Å². The Morgan fingerprint density at radius 2 is 0.923 bits per heavy atom. The van der Waals surface area contributed by atoms with Crippen molar-refractivity contribution in [2.24, 2.45) is 0 Å². The summed E-state index contributed by atoms with van der Waals surface area (Å²) in [5.74, 6) is -14.2. The molecule has 2 rings (SSSR count). The molecule has 0 aliphatic rings. The Labute approximate surface area is 145 Å². The summed E-state index contributed by atoms with van der Waals surface area (Å²) in [6.07, 6.45) is -0.621. The summed E-state index contributed by atoms with van der Waals surface area (Å²) in [6, 6.07) is 0. The molecule has 0 saturated carbocycles. The van der Waals surface area contributed by atoms with Crippen LogP contribution in [0.15, 0.2) is 0 Å². The zero-order valence-electron chi connectivity index (χ0n) is 13.5. The summed E-state index contributed by atoms with van der Waals surface area (Å²) in [5.41, 5.74) is -1.24. The molecule has 10 heteroatoms. The highest BCUT2D eigenvalue weighted by molar-refractivity contribution is 6.81. The Morgan fingerprint density at radius 3 is 1.19 bits per heavy atom. The zero-order chi connectivity index (χ0) is 19.9. The van der Waals surface area contributed by atoms with Gasteiger partial charge in [0, 0.05) is 10.4 Å². The van der Waals surface area contributed by atoms with E-state index in [1.807, 2.05) is 0 Å². The molecule has 0 aliphatic carbocycles. The van der Waals surface area contributed by atoms with E-state index < -0.39 is 76.9 Å². The molecule has 3 nitrogen and oxygen atoms in total. The van der Waals surface area contributed by atoms with Crippen LogP contribution < -0.4 is 10.4 Å². The van der Waals surface area contributed by atoms with E-state index >= 15 is 0 Å². The molecule has 1 radical (unpaired) electrons. The average molecular weight is 395 g/mol. The number of phenolic OH excluding ortho intramolecular Hbond substituents is 2. The number of aromatic hydroxyl groups is 2. The van der Waals surface area contributed by atoms with E-state index in [1.54, 1.807) is 0 Å². The first kappa shape index (κ1) is 20.1. The lowest BCUT2D eigenvalue weighted by atomic mass is 10.1. The van der Waals surface area contributed by atoms with Gasteiger partial charge in [0.2, 0.25) is 11.6 Å². The van der Waals surface area contributed by atoms with Crippen molar-refractivity contribution in [3.8, 4) is 11.5 Å². The van der Waals surface area contributed by atoms with Gasteiger partial charge in [-0.05, 0) is 24.0 Å². The average Bonchev–Trinajstić information content (AvgIpc) is 2.63. The van der Waals surface area contributed by atoms with Crippen LogP contribution in [-0.2, 0) is 12.8 Å². The van der Waals surface area contributed by atoms with Crippen molar-refractivity contribution in [1.82, 2.24) is 0 Å². The van der Waals surface area contributed by atoms with Crippen molar-refractivity contribution in [3.63, 3.8) is 0 Å². The van der Waals surface area contributed by atoms with Crippen LogP contribution in [0.3, 0.4) is 0 Å². The third kappa shape index (κ3) is 2.82. The van der Waals surface area contributed by atoms with Crippen molar-refractivity contribution >= 4 is 19.4 Å². The predicted octanol–water partition coefficient (Wildman–Crippen LogP) is 2.16. The minimum atomic E-state index is -3.60. The highest BCUT2D eigenvalue weighted by Crippen LogP contribution is 2.27. The van der Waals surface area contributed by atoms with Gasteiger partial charge in [-0.1, -0.05) is 13.8 Å². The van der Waals surface area contributed by atoms with Crippen LogP contribution in [0.4, 0.5) is 26.3 Å². The lowest BCUT2D eigenvalue weighted by Crippen LogP contribution is -2.47. The molecular weight excluding hydrogens is 382 g/mol. The van der Waals surface area contributed by atoms with Crippen molar-refractivity contribution in [2.45, 2.75) is 26.7 Å². The Kier molecular flexibility index (Phi) is 5.57. The third-order valence-corrected chi connectivity index (χ3v) is 6.00. The van der Waals surface area contributed by atoms with E-state index in [4.69, 9.17) is 0 Å². The second-order valence-electron chi connectivity index (χ2n) is 5.34. The molecule has 0 atom stereocenters. The van der Waals surface area contributed by atoms with Gasteiger partial charge in [-0.25, -0.2) is 17.6 Å². The zero-order valence-corrected chi connectivity index (χ0v) is 14.5. The van der Waals surface area contributed by atoms with E-state index in [1.165, 1.54) is 13.8 Å². The summed E-state index contributed by atoms with van der Waals surface area (Å²) < 4.78 is 82.4. The molecule has 0 saturated heterocycles. The van der Waals surface area contributed by atoms with Crippen molar-refractivity contribution in [2.75, 3.05) is 0 Å². The van der Waals surface area contributed by atoms with E-state index in [0.29, 0.717) is 0 Å². The lowest BCUT2D eigenvalue weighted by molar-refractivity contribution is 0.384. The maximum Gasteiger partial charge on any atom is 0.288 e. The van der Waals surface area contributed by atoms with Crippen LogP contribution in [0.2, 0.25) is 0 Å². The molecule has 141 valence electrons. The minimum absolute atomic E-state index is 0.310. The number of rotatable bonds is 4. The highest BCUT2D eigenvalue weighted by Gasteiger charge is 2.36. The van der Waals surface area contributed by atoms with Gasteiger partial charge >= 0.3 is 0 Å². The van der Waals surface area contributed by atoms with Gasteiger partial charge in [0.25, 0.3) is 9.04 Å². The molecular formula is C16H13F6O3Si. The van der Waals surface area contributed by atoms with Gasteiger partial charge in [-0.15, -0.1) is 0 Å². The topological polar surface area (TPSA) is 60.7 Å². The number of halogens is 6. The standard InChI is InChI=1S/C16H13F6O3Si/c1-3-5-7(17)9(19)11(21)13(23)15(5)26(25)16-6(4-2)8(18)10(20)12(22)14(16)24/h23-25H,3-4H2,1-2H3. The number of phenols is 2. The Balaban J connectivity index is 2.90. The van der Waals surface area contributed by atoms with Crippen LogP contribution in [0, 0.1) is 34.9 Å². The van der Waals surface area contributed by atoms with Crippen LogP contribution >= 0.6 is 0 Å². The first-order valence-corrected chi connectivity index (χ1v) is 8.87. The highest BCUT2D eigenvalue weighted by atomic mass is 28.3. The van der Waals surface area contributed by atoms with Gasteiger partial charge in [0.15, 0.2) is 34.8 Å². The molecule has 0 fully saturated rings. The normalized spacial score (nSPS) is 11.5. The fraction of sp³-hybridized carbons (Fsp3) is 0.250. The van der Waals surface area contributed by atoms with Crippen LogP contribution in [0.5, 0.6) is 11.5 Å². The Morgan fingerprint density at radius 1 is 0.615 bits per heavy atom. The molecule has 26 heavy (non-hydrogen) atoms. The largest absolute Gasteiger partial charge is 0.505 e. The van der Waals surface area contributed by atoms with E-state index in [-0.39, 0.29) is 12.8 Å². The van der Waals surface area contributed by atoms with E-state index in [9.17, 15) is 41.4 Å². The lowest BCUT2D eigenvalue weighted by Gasteiger charge is -2.20. The van der Waals surface area contributed by atoms with Crippen LogP contribution in [0.1, 0.15) is 25.0 Å². The smallest absolute Gasteiger partial charge is 0.288 e. The summed E-state index contributed by atoms with van der Waals surface area (Å²) in [5, 5.41) is 18.0. The maximum absolute atomic E-state index is 14.0. The fourth-order valence-electron chi connectivity index (χ4n) is 2.69. The number of hydrogen-bond donors (Lipinski definition) is 3. The SMILES string of the molecule is CCc1c(F)c(F)c(F)c(O)c1[Si](O)c1c(O)c(F)c(F)c(F)c1CC. The maximum atomic E-state index is 14.0. The Hall–Kier alpha value is -2.20. The molecule has 3 N–H and O–H groups in total. The molecule has 0 amide bonds. The monoisotopic (exact) mass is 395 g/mol. The van der Waals surface area contributed by atoms with Gasteiger partial charge in [-0.2, -0.15) is 8.78 Å². The molecule has 0 heterocycles. The van der Waals surface area contributed by atoms with E-state index in [2.05, 4.69) is 0 Å². The predicted molar refractivity (Wildman–Crippen MR) is 82.0 cm³/mol. The summed E-state index contributed by atoms with van der Waals surface area (Å²) in [7, 11) is -3.60. The molecule has 0 aromatic heterocycles. The quantitative estimate of drug-likeness (QED) is 0.423. The summed E-state index contributed by atoms with van der Waals surface area (Å²) in [6.45, 7) is 2.61. The van der Waals surface area contributed by atoms with Gasteiger partial charge in [-0.3, -0.25) is 0 Å². The molecule has 2 aromatic rings. The minimum Gasteiger partial charge on any atom is -0.505 e. The second-order valence-corrected chi connectivity index (χ2v) is 7.04. The van der Waals surface area contributed by atoms with E-state index in [0.717, 1.165) is 0 Å². The van der Waals surface area contributed by atoms with Gasteiger partial charge < -0.3 is 15.0 Å². The molecule has 0 spiro atoms.